The standard InChI is InChI=1S/C15H24O2Si/c1-11-10-13(12(2)16)8-9-14(11)17-18(6,7)15(3,4)5/h8-10H,1-7H3. The van der Waals surface area contributed by atoms with Crippen molar-refractivity contribution in [2.45, 2.75) is 52.8 Å². The number of carbonyl (C=O) groups is 1. The van der Waals surface area contributed by atoms with Crippen LogP contribution in [0.25, 0.3) is 0 Å². The van der Waals surface area contributed by atoms with Crippen LogP contribution in [-0.4, -0.2) is 14.1 Å². The third-order valence-electron chi connectivity index (χ3n) is 3.75. The monoisotopic (exact) mass is 264 g/mol. The molecule has 0 atom stereocenters. The summed E-state index contributed by atoms with van der Waals surface area (Å²) in [5.41, 5.74) is 1.78. The summed E-state index contributed by atoms with van der Waals surface area (Å²) in [6, 6.07) is 5.68. The minimum absolute atomic E-state index is 0.0944. The molecule has 0 N–H and O–H groups in total. The van der Waals surface area contributed by atoms with Crippen LogP contribution in [0.2, 0.25) is 18.1 Å². The number of ketones is 1. The summed E-state index contributed by atoms with van der Waals surface area (Å²) >= 11 is 0. The van der Waals surface area contributed by atoms with Crippen LogP contribution in [0.1, 0.15) is 43.6 Å². The average molecular weight is 264 g/mol. The summed E-state index contributed by atoms with van der Waals surface area (Å²) in [4.78, 5) is 11.3. The van der Waals surface area contributed by atoms with Gasteiger partial charge < -0.3 is 4.43 Å². The van der Waals surface area contributed by atoms with Gasteiger partial charge in [-0.15, -0.1) is 0 Å². The highest BCUT2D eigenvalue weighted by molar-refractivity contribution is 6.74. The predicted octanol–water partition coefficient (Wildman–Crippen LogP) is 4.58. The Bertz CT molecular complexity index is 456. The molecule has 1 rings (SSSR count). The van der Waals surface area contributed by atoms with Crippen LogP contribution in [0, 0.1) is 6.92 Å². The molecule has 1 aromatic carbocycles. The van der Waals surface area contributed by atoms with Gasteiger partial charge in [-0.25, -0.2) is 0 Å². The minimum atomic E-state index is -1.81. The highest BCUT2D eigenvalue weighted by atomic mass is 28.4. The normalized spacial score (nSPS) is 12.4. The fourth-order valence-electron chi connectivity index (χ4n) is 1.41. The Morgan fingerprint density at radius 3 is 2.17 bits per heavy atom. The first-order valence-corrected chi connectivity index (χ1v) is 9.26. The summed E-state index contributed by atoms with van der Waals surface area (Å²) in [5.74, 6) is 1.00. The molecule has 0 aliphatic rings. The van der Waals surface area contributed by atoms with E-state index in [0.29, 0.717) is 0 Å². The molecule has 0 aliphatic heterocycles. The van der Waals surface area contributed by atoms with Crippen molar-refractivity contribution < 1.29 is 9.22 Å². The Morgan fingerprint density at radius 2 is 1.78 bits per heavy atom. The topological polar surface area (TPSA) is 26.3 Å². The molecule has 0 radical (unpaired) electrons. The molecule has 18 heavy (non-hydrogen) atoms. The van der Waals surface area contributed by atoms with Crippen molar-refractivity contribution in [2.24, 2.45) is 0 Å². The van der Waals surface area contributed by atoms with Crippen molar-refractivity contribution in [1.29, 1.82) is 0 Å². The number of benzene rings is 1. The third kappa shape index (κ3) is 3.22. The van der Waals surface area contributed by atoms with Crippen LogP contribution in [0.3, 0.4) is 0 Å². The molecular weight excluding hydrogens is 240 g/mol. The maximum absolute atomic E-state index is 11.3. The van der Waals surface area contributed by atoms with Crippen molar-refractivity contribution in [3.8, 4) is 5.75 Å². The zero-order valence-electron chi connectivity index (χ0n) is 12.5. The second-order valence-corrected chi connectivity index (χ2v) is 11.1. The summed E-state index contributed by atoms with van der Waals surface area (Å²) in [6.45, 7) is 14.7. The van der Waals surface area contributed by atoms with Gasteiger partial charge in [-0.05, 0) is 55.7 Å². The van der Waals surface area contributed by atoms with Crippen LogP contribution in [-0.2, 0) is 0 Å². The van der Waals surface area contributed by atoms with Gasteiger partial charge in [0.2, 0.25) is 8.32 Å². The van der Waals surface area contributed by atoms with E-state index < -0.39 is 8.32 Å². The lowest BCUT2D eigenvalue weighted by Crippen LogP contribution is -2.44. The molecule has 2 nitrogen and oxygen atoms in total. The molecule has 0 saturated carbocycles. The molecule has 0 aromatic heterocycles. The quantitative estimate of drug-likeness (QED) is 0.590. The minimum Gasteiger partial charge on any atom is -0.543 e. The molecule has 0 bridgehead atoms. The van der Waals surface area contributed by atoms with E-state index in [1.807, 2.05) is 25.1 Å². The largest absolute Gasteiger partial charge is 0.543 e. The summed E-state index contributed by atoms with van der Waals surface area (Å²) in [7, 11) is -1.81. The zero-order chi connectivity index (χ0) is 14.1. The smallest absolute Gasteiger partial charge is 0.250 e. The molecule has 0 saturated heterocycles. The maximum Gasteiger partial charge on any atom is 0.250 e. The van der Waals surface area contributed by atoms with E-state index in [9.17, 15) is 4.79 Å². The van der Waals surface area contributed by atoms with Gasteiger partial charge in [0.1, 0.15) is 5.75 Å². The first-order valence-electron chi connectivity index (χ1n) is 6.35. The summed E-state index contributed by atoms with van der Waals surface area (Å²) in [5, 5.41) is 0.179. The number of hydrogen-bond acceptors (Lipinski definition) is 2. The highest BCUT2D eigenvalue weighted by Crippen LogP contribution is 2.38. The van der Waals surface area contributed by atoms with Crippen LogP contribution in [0.4, 0.5) is 0 Å². The van der Waals surface area contributed by atoms with Gasteiger partial charge in [-0.3, -0.25) is 4.79 Å². The van der Waals surface area contributed by atoms with Gasteiger partial charge in [-0.2, -0.15) is 0 Å². The number of Topliss-reactive ketones (excluding diaryl/α,β-unsaturated/α-hetero) is 1. The second kappa shape index (κ2) is 4.88. The molecule has 3 heteroatoms. The lowest BCUT2D eigenvalue weighted by Gasteiger charge is -2.37. The number of aryl methyl sites for hydroxylation is 1. The Hall–Kier alpha value is -1.09. The fourth-order valence-corrected chi connectivity index (χ4v) is 2.50. The van der Waals surface area contributed by atoms with E-state index in [1.54, 1.807) is 6.92 Å². The molecule has 0 spiro atoms. The van der Waals surface area contributed by atoms with Gasteiger partial charge in [0.05, 0.1) is 0 Å². The number of carbonyl (C=O) groups excluding carboxylic acids is 1. The first-order chi connectivity index (χ1) is 8.04. The Morgan fingerprint density at radius 1 is 1.22 bits per heavy atom. The molecular formula is C15H24O2Si. The second-order valence-electron chi connectivity index (χ2n) is 6.40. The lowest BCUT2D eigenvalue weighted by atomic mass is 10.1. The van der Waals surface area contributed by atoms with E-state index in [-0.39, 0.29) is 10.8 Å². The summed E-state index contributed by atoms with van der Waals surface area (Å²) < 4.78 is 6.26. The van der Waals surface area contributed by atoms with E-state index in [0.717, 1.165) is 16.9 Å². The van der Waals surface area contributed by atoms with E-state index >= 15 is 0 Å². The molecule has 0 fully saturated rings. The molecule has 100 valence electrons. The van der Waals surface area contributed by atoms with Crippen LogP contribution >= 0.6 is 0 Å². The fraction of sp³-hybridized carbons (Fsp3) is 0.533. The van der Waals surface area contributed by atoms with Crippen molar-refractivity contribution in [2.75, 3.05) is 0 Å². The van der Waals surface area contributed by atoms with Gasteiger partial charge in [0.25, 0.3) is 0 Å². The molecule has 0 heterocycles. The third-order valence-corrected chi connectivity index (χ3v) is 8.10. The zero-order valence-corrected chi connectivity index (χ0v) is 13.5. The van der Waals surface area contributed by atoms with Gasteiger partial charge in [0, 0.05) is 5.56 Å². The summed E-state index contributed by atoms with van der Waals surface area (Å²) in [6.07, 6.45) is 0. The Kier molecular flexibility index (Phi) is 4.06. The van der Waals surface area contributed by atoms with Crippen LogP contribution < -0.4 is 4.43 Å². The first kappa shape index (κ1) is 15.0. The van der Waals surface area contributed by atoms with E-state index in [2.05, 4.69) is 33.9 Å². The van der Waals surface area contributed by atoms with Crippen molar-refractivity contribution in [1.82, 2.24) is 0 Å². The molecule has 0 aliphatic carbocycles. The molecule has 0 amide bonds. The number of rotatable bonds is 3. The van der Waals surface area contributed by atoms with Crippen LogP contribution in [0.5, 0.6) is 5.75 Å². The lowest BCUT2D eigenvalue weighted by molar-refractivity contribution is 0.101. The van der Waals surface area contributed by atoms with E-state index in [1.165, 1.54) is 0 Å². The van der Waals surface area contributed by atoms with Gasteiger partial charge in [-0.1, -0.05) is 20.8 Å². The van der Waals surface area contributed by atoms with Gasteiger partial charge in [0.15, 0.2) is 5.78 Å². The van der Waals surface area contributed by atoms with Gasteiger partial charge >= 0.3 is 0 Å². The van der Waals surface area contributed by atoms with Crippen molar-refractivity contribution in [3.63, 3.8) is 0 Å². The van der Waals surface area contributed by atoms with Crippen LogP contribution in [0.15, 0.2) is 18.2 Å². The SMILES string of the molecule is CC(=O)c1ccc(O[Si](C)(C)C(C)(C)C)c(C)c1. The molecule has 0 unspecified atom stereocenters. The Labute approximate surface area is 111 Å². The van der Waals surface area contributed by atoms with E-state index in [4.69, 9.17) is 4.43 Å². The average Bonchev–Trinajstić information content (AvgIpc) is 2.18. The van der Waals surface area contributed by atoms with Crippen molar-refractivity contribution in [3.05, 3.63) is 29.3 Å². The Balaban J connectivity index is 3.03. The predicted molar refractivity (Wildman–Crippen MR) is 79.0 cm³/mol. The number of hydrogen-bond donors (Lipinski definition) is 0. The van der Waals surface area contributed by atoms with Crippen molar-refractivity contribution >= 4 is 14.1 Å². The maximum atomic E-state index is 11.3. The molecule has 1 aromatic rings. The highest BCUT2D eigenvalue weighted by Gasteiger charge is 2.39.